The number of aromatic nitrogens is 1. The molecule has 0 aliphatic carbocycles. The van der Waals surface area contributed by atoms with Crippen molar-refractivity contribution in [1.82, 2.24) is 9.47 Å². The number of carbonyl (C=O) groups is 1. The van der Waals surface area contributed by atoms with Gasteiger partial charge in [0, 0.05) is 38.3 Å². The molecule has 0 radical (unpaired) electrons. The predicted octanol–water partition coefficient (Wildman–Crippen LogP) is 3.80. The van der Waals surface area contributed by atoms with Crippen molar-refractivity contribution in [2.45, 2.75) is 26.8 Å². The Hall–Kier alpha value is -2.01. The van der Waals surface area contributed by atoms with Gasteiger partial charge < -0.3 is 19.5 Å². The van der Waals surface area contributed by atoms with E-state index >= 15 is 0 Å². The van der Waals surface area contributed by atoms with E-state index in [0.717, 1.165) is 36.2 Å². The van der Waals surface area contributed by atoms with Crippen molar-refractivity contribution >= 4 is 22.6 Å². The van der Waals surface area contributed by atoms with Gasteiger partial charge in [-0.3, -0.25) is 0 Å². The van der Waals surface area contributed by atoms with Gasteiger partial charge in [0.05, 0.1) is 17.8 Å². The second kappa shape index (κ2) is 7.26. The minimum atomic E-state index is 0.00282. The van der Waals surface area contributed by atoms with Crippen molar-refractivity contribution in [2.24, 2.45) is 11.8 Å². The van der Waals surface area contributed by atoms with Crippen LogP contribution < -0.4 is 5.32 Å². The van der Waals surface area contributed by atoms with Crippen LogP contribution >= 0.6 is 0 Å². The molecule has 1 fully saturated rings. The molecule has 5 nitrogen and oxygen atoms in total. The van der Waals surface area contributed by atoms with Gasteiger partial charge in [0.1, 0.15) is 0 Å². The number of urea groups is 1. The van der Waals surface area contributed by atoms with Crippen molar-refractivity contribution in [2.75, 3.05) is 32.1 Å². The Labute approximate surface area is 143 Å². The molecule has 2 aromatic rings. The second-order valence-electron chi connectivity index (χ2n) is 7.03. The zero-order valence-electron chi connectivity index (χ0n) is 14.8. The molecule has 1 aromatic carbocycles. The van der Waals surface area contributed by atoms with Crippen LogP contribution in [-0.4, -0.2) is 42.3 Å². The monoisotopic (exact) mass is 329 g/mol. The Bertz CT molecular complexity index is 700. The topological polar surface area (TPSA) is 46.5 Å². The Kier molecular flexibility index (Phi) is 5.09. The number of nitrogens with zero attached hydrogens (tertiary/aromatic N) is 2. The number of nitrogens with one attached hydrogen (secondary N) is 1. The quantitative estimate of drug-likeness (QED) is 0.927. The smallest absolute Gasteiger partial charge is 0.321 e. The van der Waals surface area contributed by atoms with E-state index in [4.69, 9.17) is 4.74 Å². The number of benzene rings is 1. The van der Waals surface area contributed by atoms with Crippen LogP contribution in [0.4, 0.5) is 10.5 Å². The molecule has 1 saturated heterocycles. The highest BCUT2D eigenvalue weighted by molar-refractivity contribution is 6.01. The summed E-state index contributed by atoms with van der Waals surface area (Å²) in [6.45, 7) is 7.51. The summed E-state index contributed by atoms with van der Waals surface area (Å²) in [6.07, 6.45) is 3.21. The largest absolute Gasteiger partial charge is 0.383 e. The number of hydrogen-bond donors (Lipinski definition) is 1. The van der Waals surface area contributed by atoms with Crippen molar-refractivity contribution in [3.05, 3.63) is 30.5 Å². The zero-order valence-corrected chi connectivity index (χ0v) is 14.8. The first kappa shape index (κ1) is 16.8. The van der Waals surface area contributed by atoms with E-state index in [1.807, 2.05) is 23.2 Å². The fourth-order valence-electron chi connectivity index (χ4n) is 3.74. The highest BCUT2D eigenvalue weighted by Crippen LogP contribution is 2.27. The maximum Gasteiger partial charge on any atom is 0.321 e. The maximum absolute atomic E-state index is 12.7. The van der Waals surface area contributed by atoms with Gasteiger partial charge in [-0.15, -0.1) is 0 Å². The number of anilines is 1. The predicted molar refractivity (Wildman–Crippen MR) is 97.4 cm³/mol. The molecule has 1 aliphatic heterocycles. The summed E-state index contributed by atoms with van der Waals surface area (Å²) < 4.78 is 7.32. The molecule has 1 aliphatic rings. The average molecular weight is 329 g/mol. The van der Waals surface area contributed by atoms with Crippen LogP contribution in [0.5, 0.6) is 0 Å². The molecular formula is C19H27N3O2. The lowest BCUT2D eigenvalue weighted by molar-refractivity contribution is 0.156. The van der Waals surface area contributed by atoms with E-state index in [-0.39, 0.29) is 6.03 Å². The first-order chi connectivity index (χ1) is 11.6. The maximum atomic E-state index is 12.7. The van der Waals surface area contributed by atoms with Gasteiger partial charge in [-0.25, -0.2) is 4.79 Å². The van der Waals surface area contributed by atoms with E-state index in [0.29, 0.717) is 18.4 Å². The molecule has 2 unspecified atom stereocenters. The molecule has 24 heavy (non-hydrogen) atoms. The molecule has 0 bridgehead atoms. The number of rotatable bonds is 4. The van der Waals surface area contributed by atoms with Crippen LogP contribution in [0.25, 0.3) is 10.9 Å². The Balaban J connectivity index is 1.80. The van der Waals surface area contributed by atoms with Gasteiger partial charge >= 0.3 is 6.03 Å². The third-order valence-corrected chi connectivity index (χ3v) is 4.72. The first-order valence-electron chi connectivity index (χ1n) is 8.71. The lowest BCUT2D eigenvalue weighted by Gasteiger charge is -2.34. The van der Waals surface area contributed by atoms with Crippen LogP contribution in [0.15, 0.2) is 30.5 Å². The molecule has 1 N–H and O–H groups in total. The van der Waals surface area contributed by atoms with Crippen molar-refractivity contribution in [1.29, 1.82) is 0 Å². The van der Waals surface area contributed by atoms with Gasteiger partial charge in [0.2, 0.25) is 0 Å². The van der Waals surface area contributed by atoms with Gasteiger partial charge in [-0.2, -0.15) is 0 Å². The number of fused-ring (bicyclic) bond motifs is 1. The van der Waals surface area contributed by atoms with Crippen LogP contribution in [-0.2, 0) is 11.3 Å². The summed E-state index contributed by atoms with van der Waals surface area (Å²) in [6, 6.07) is 8.15. The SMILES string of the molecule is COCCn1cc(NC(=O)N2CC(C)CC(C)C2)c2ccccc21. The first-order valence-corrected chi connectivity index (χ1v) is 8.71. The molecule has 0 saturated carbocycles. The third-order valence-electron chi connectivity index (χ3n) is 4.72. The number of likely N-dealkylation sites (tertiary alicyclic amines) is 1. The van der Waals surface area contributed by atoms with E-state index in [2.05, 4.69) is 35.9 Å². The highest BCUT2D eigenvalue weighted by atomic mass is 16.5. The number of methoxy groups -OCH3 is 1. The summed E-state index contributed by atoms with van der Waals surface area (Å²) >= 11 is 0. The molecule has 2 amide bonds. The molecule has 5 heteroatoms. The lowest BCUT2D eigenvalue weighted by atomic mass is 9.92. The van der Waals surface area contributed by atoms with Crippen LogP contribution in [0.3, 0.4) is 0 Å². The fraction of sp³-hybridized carbons (Fsp3) is 0.526. The summed E-state index contributed by atoms with van der Waals surface area (Å²) in [5, 5.41) is 4.19. The standard InChI is InChI=1S/C19H27N3O2/c1-14-10-15(2)12-22(11-14)19(23)20-17-13-21(8-9-24-3)18-7-5-4-6-16(17)18/h4-7,13-15H,8-12H2,1-3H3,(H,20,23). The number of ether oxygens (including phenoxy) is 1. The summed E-state index contributed by atoms with van der Waals surface area (Å²) in [5.41, 5.74) is 1.99. The molecule has 130 valence electrons. The van der Waals surface area contributed by atoms with E-state index in [1.165, 1.54) is 6.42 Å². The molecular weight excluding hydrogens is 302 g/mol. The van der Waals surface area contributed by atoms with Crippen molar-refractivity contribution in [3.8, 4) is 0 Å². The van der Waals surface area contributed by atoms with E-state index in [9.17, 15) is 4.79 Å². The molecule has 0 spiro atoms. The molecule has 1 aromatic heterocycles. The molecule has 2 heterocycles. The summed E-state index contributed by atoms with van der Waals surface area (Å²) in [7, 11) is 1.70. The third kappa shape index (κ3) is 3.56. The average Bonchev–Trinajstić information content (AvgIpc) is 2.90. The van der Waals surface area contributed by atoms with Gasteiger partial charge in [0.15, 0.2) is 0 Å². The molecule has 2 atom stereocenters. The summed E-state index contributed by atoms with van der Waals surface area (Å²) in [5.74, 6) is 1.12. The van der Waals surface area contributed by atoms with E-state index < -0.39 is 0 Å². The van der Waals surface area contributed by atoms with Gasteiger partial charge in [-0.05, 0) is 24.3 Å². The number of para-hydroxylation sites is 1. The fourth-order valence-corrected chi connectivity index (χ4v) is 3.74. The van der Waals surface area contributed by atoms with Crippen LogP contribution in [0.1, 0.15) is 20.3 Å². The number of amides is 2. The Morgan fingerprint density at radius 1 is 1.25 bits per heavy atom. The van der Waals surface area contributed by atoms with Gasteiger partial charge in [0.25, 0.3) is 0 Å². The second-order valence-corrected chi connectivity index (χ2v) is 7.03. The lowest BCUT2D eigenvalue weighted by Crippen LogP contribution is -2.44. The molecule has 3 rings (SSSR count). The number of piperidine rings is 1. The van der Waals surface area contributed by atoms with Crippen molar-refractivity contribution in [3.63, 3.8) is 0 Å². The van der Waals surface area contributed by atoms with Gasteiger partial charge in [-0.1, -0.05) is 32.0 Å². The normalized spacial score (nSPS) is 21.2. The summed E-state index contributed by atoms with van der Waals surface area (Å²) in [4.78, 5) is 14.7. The van der Waals surface area contributed by atoms with Crippen LogP contribution in [0, 0.1) is 11.8 Å². The number of hydrogen-bond acceptors (Lipinski definition) is 2. The Morgan fingerprint density at radius 2 is 1.96 bits per heavy atom. The highest BCUT2D eigenvalue weighted by Gasteiger charge is 2.26. The van der Waals surface area contributed by atoms with E-state index in [1.54, 1.807) is 7.11 Å². The zero-order chi connectivity index (χ0) is 17.1. The van der Waals surface area contributed by atoms with Crippen LogP contribution in [0.2, 0.25) is 0 Å². The Morgan fingerprint density at radius 3 is 2.67 bits per heavy atom. The van der Waals surface area contributed by atoms with Crippen molar-refractivity contribution < 1.29 is 9.53 Å². The minimum Gasteiger partial charge on any atom is -0.383 e. The number of carbonyl (C=O) groups excluding carboxylic acids is 1. The minimum absolute atomic E-state index is 0.00282.